The number of aromatic nitrogens is 1. The van der Waals surface area contributed by atoms with Crippen molar-refractivity contribution in [2.75, 3.05) is 11.6 Å². The van der Waals surface area contributed by atoms with Crippen molar-refractivity contribution in [3.8, 4) is 0 Å². The van der Waals surface area contributed by atoms with Crippen LogP contribution in [0.3, 0.4) is 0 Å². The van der Waals surface area contributed by atoms with Gasteiger partial charge in [-0.2, -0.15) is 0 Å². The topological polar surface area (TPSA) is 79.4 Å². The maximum atomic E-state index is 9.54. The Morgan fingerprint density at radius 3 is 2.77 bits per heavy atom. The number of aliphatic hydroxyl groups is 2. The zero-order valence-corrected chi connectivity index (χ0v) is 8.42. The molecule has 0 saturated heterocycles. The van der Waals surface area contributed by atoms with E-state index in [1.54, 1.807) is 0 Å². The minimum absolute atomic E-state index is 0.312. The Hall–Kier alpha value is -0.360. The second kappa shape index (κ2) is 4.76. The third-order valence-electron chi connectivity index (χ3n) is 1.60. The van der Waals surface area contributed by atoms with Crippen LogP contribution in [-0.2, 0) is 0 Å². The summed E-state index contributed by atoms with van der Waals surface area (Å²) in [6.45, 7) is 0. The van der Waals surface area contributed by atoms with Gasteiger partial charge in [0.15, 0.2) is 5.13 Å². The zero-order valence-electron chi connectivity index (χ0n) is 6.85. The number of rotatable bonds is 4. The van der Waals surface area contributed by atoms with Crippen molar-refractivity contribution in [1.82, 2.24) is 4.98 Å². The van der Waals surface area contributed by atoms with E-state index in [1.165, 1.54) is 6.20 Å². The second-order valence-corrected chi connectivity index (χ2v) is 4.06. The fraction of sp³-hybridized carbons (Fsp3) is 0.571. The van der Waals surface area contributed by atoms with E-state index in [-0.39, 0.29) is 0 Å². The highest BCUT2D eigenvalue weighted by molar-refractivity contribution is 7.15. The first-order valence-corrected chi connectivity index (χ1v) is 5.13. The van der Waals surface area contributed by atoms with Gasteiger partial charge < -0.3 is 15.9 Å². The first kappa shape index (κ1) is 10.7. The van der Waals surface area contributed by atoms with Gasteiger partial charge in [-0.25, -0.2) is 4.98 Å². The number of halogens is 1. The highest BCUT2D eigenvalue weighted by Gasteiger charge is 2.19. The Morgan fingerprint density at radius 1 is 1.62 bits per heavy atom. The quantitative estimate of drug-likeness (QED) is 0.657. The molecule has 1 heterocycles. The molecule has 1 rings (SSSR count). The summed E-state index contributed by atoms with van der Waals surface area (Å²) in [6.07, 6.45) is 0.0220. The molecule has 0 radical (unpaired) electrons. The number of hydrogen-bond acceptors (Lipinski definition) is 5. The molecule has 1 aromatic rings. The Kier molecular flexibility index (Phi) is 3.92. The summed E-state index contributed by atoms with van der Waals surface area (Å²) in [4.78, 5) is 4.34. The maximum Gasteiger partial charge on any atom is 0.180 e. The van der Waals surface area contributed by atoms with Gasteiger partial charge in [0, 0.05) is 12.1 Å². The van der Waals surface area contributed by atoms with Crippen LogP contribution in [0.5, 0.6) is 0 Å². The Morgan fingerprint density at radius 2 is 2.31 bits per heavy atom. The summed E-state index contributed by atoms with van der Waals surface area (Å²) < 4.78 is 0. The monoisotopic (exact) mass is 222 g/mol. The third-order valence-corrected chi connectivity index (χ3v) is 2.72. The van der Waals surface area contributed by atoms with Gasteiger partial charge in [-0.1, -0.05) is 11.3 Å². The zero-order chi connectivity index (χ0) is 9.84. The summed E-state index contributed by atoms with van der Waals surface area (Å²) in [5.41, 5.74) is 5.38. The van der Waals surface area contributed by atoms with E-state index in [2.05, 4.69) is 4.98 Å². The number of thiazole rings is 1. The lowest BCUT2D eigenvalue weighted by atomic mass is 10.1. The van der Waals surface area contributed by atoms with Gasteiger partial charge >= 0.3 is 0 Å². The van der Waals surface area contributed by atoms with E-state index >= 15 is 0 Å². The molecule has 0 spiro atoms. The molecule has 4 nitrogen and oxygen atoms in total. The molecule has 0 amide bonds. The molecule has 0 saturated carbocycles. The van der Waals surface area contributed by atoms with Gasteiger partial charge in [0.25, 0.3) is 0 Å². The van der Waals surface area contributed by atoms with Crippen molar-refractivity contribution < 1.29 is 10.2 Å². The van der Waals surface area contributed by atoms with Crippen LogP contribution in [-0.4, -0.2) is 27.2 Å². The molecule has 0 bridgehead atoms. The lowest BCUT2D eigenvalue weighted by Gasteiger charge is -2.14. The van der Waals surface area contributed by atoms with E-state index in [9.17, 15) is 10.2 Å². The van der Waals surface area contributed by atoms with Crippen LogP contribution < -0.4 is 5.73 Å². The number of alkyl halides is 1. The highest BCUT2D eigenvalue weighted by Crippen LogP contribution is 2.25. The molecule has 0 aliphatic heterocycles. The van der Waals surface area contributed by atoms with Crippen LogP contribution >= 0.6 is 22.9 Å². The smallest absolute Gasteiger partial charge is 0.180 e. The van der Waals surface area contributed by atoms with E-state index in [1.807, 2.05) is 0 Å². The van der Waals surface area contributed by atoms with Gasteiger partial charge in [0.1, 0.15) is 6.10 Å². The fourth-order valence-electron chi connectivity index (χ4n) is 0.897. The van der Waals surface area contributed by atoms with Crippen LogP contribution in [0.25, 0.3) is 0 Å². The summed E-state index contributed by atoms with van der Waals surface area (Å²) in [5.74, 6) is 0.312. The van der Waals surface area contributed by atoms with E-state index in [0.29, 0.717) is 22.3 Å². The van der Waals surface area contributed by atoms with Gasteiger partial charge in [0.2, 0.25) is 0 Å². The van der Waals surface area contributed by atoms with Gasteiger partial charge in [-0.15, -0.1) is 11.6 Å². The largest absolute Gasteiger partial charge is 0.390 e. The molecule has 6 heteroatoms. The second-order valence-electron chi connectivity index (χ2n) is 2.59. The van der Waals surface area contributed by atoms with Crippen LogP contribution in [0.15, 0.2) is 6.20 Å². The number of nitrogens with two attached hydrogens (primary N) is 1. The molecule has 0 aromatic carbocycles. The number of anilines is 1. The molecule has 13 heavy (non-hydrogen) atoms. The first-order chi connectivity index (χ1) is 6.15. The van der Waals surface area contributed by atoms with Crippen LogP contribution in [0, 0.1) is 0 Å². The van der Waals surface area contributed by atoms with E-state index in [4.69, 9.17) is 17.3 Å². The molecule has 1 aromatic heterocycles. The fourth-order valence-corrected chi connectivity index (χ4v) is 1.85. The summed E-state index contributed by atoms with van der Waals surface area (Å²) >= 11 is 6.59. The average Bonchev–Trinajstić information content (AvgIpc) is 2.51. The summed E-state index contributed by atoms with van der Waals surface area (Å²) in [5, 5.41) is 19.3. The number of aliphatic hydroxyl groups excluding tert-OH is 2. The Bertz CT molecular complexity index is 269. The van der Waals surface area contributed by atoms with Gasteiger partial charge in [-0.05, 0) is 6.42 Å². The van der Waals surface area contributed by atoms with Crippen molar-refractivity contribution in [3.63, 3.8) is 0 Å². The number of nitrogens with zero attached hydrogens (tertiary/aromatic N) is 1. The molecular weight excluding hydrogens is 212 g/mol. The van der Waals surface area contributed by atoms with E-state index < -0.39 is 12.2 Å². The number of nitrogen functional groups attached to an aromatic ring is 1. The normalized spacial score (nSPS) is 15.6. The standard InChI is InChI=1S/C7H11ClN2O2S/c8-2-1-4(11)6(12)5-3-10-7(9)13-5/h3-4,6,11-12H,1-2H2,(H2,9,10). The number of hydrogen-bond donors (Lipinski definition) is 3. The first-order valence-electron chi connectivity index (χ1n) is 3.78. The SMILES string of the molecule is Nc1ncc(C(O)C(O)CCCl)s1. The summed E-state index contributed by atoms with van der Waals surface area (Å²) in [6, 6.07) is 0. The molecule has 4 N–H and O–H groups in total. The Labute approximate surface area is 85.0 Å². The predicted octanol–water partition coefficient (Wildman–Crippen LogP) is 0.748. The minimum Gasteiger partial charge on any atom is -0.390 e. The molecule has 2 atom stereocenters. The maximum absolute atomic E-state index is 9.54. The van der Waals surface area contributed by atoms with Crippen molar-refractivity contribution >= 4 is 28.1 Å². The van der Waals surface area contributed by atoms with Crippen LogP contribution in [0.1, 0.15) is 17.4 Å². The van der Waals surface area contributed by atoms with Crippen molar-refractivity contribution in [1.29, 1.82) is 0 Å². The van der Waals surface area contributed by atoms with Gasteiger partial charge in [-0.3, -0.25) is 0 Å². The Balaban J connectivity index is 2.61. The van der Waals surface area contributed by atoms with Crippen molar-refractivity contribution in [2.45, 2.75) is 18.6 Å². The van der Waals surface area contributed by atoms with Crippen molar-refractivity contribution in [2.24, 2.45) is 0 Å². The average molecular weight is 223 g/mol. The molecule has 2 unspecified atom stereocenters. The van der Waals surface area contributed by atoms with Crippen LogP contribution in [0.2, 0.25) is 0 Å². The van der Waals surface area contributed by atoms with Crippen LogP contribution in [0.4, 0.5) is 5.13 Å². The molecule has 0 fully saturated rings. The molecule has 74 valence electrons. The third kappa shape index (κ3) is 2.80. The lowest BCUT2D eigenvalue weighted by molar-refractivity contribution is 0.0190. The van der Waals surface area contributed by atoms with E-state index in [0.717, 1.165) is 11.3 Å². The molecule has 0 aliphatic carbocycles. The van der Waals surface area contributed by atoms with Gasteiger partial charge in [0.05, 0.1) is 11.0 Å². The minimum atomic E-state index is -0.937. The summed E-state index contributed by atoms with van der Waals surface area (Å²) in [7, 11) is 0. The molecule has 0 aliphatic rings. The predicted molar refractivity (Wildman–Crippen MR) is 52.8 cm³/mol. The van der Waals surface area contributed by atoms with Crippen molar-refractivity contribution in [3.05, 3.63) is 11.1 Å². The highest BCUT2D eigenvalue weighted by atomic mass is 35.5. The lowest BCUT2D eigenvalue weighted by Crippen LogP contribution is -2.17. The molecular formula is C7H11ClN2O2S.